The maximum atomic E-state index is 4.83. The van der Waals surface area contributed by atoms with Crippen molar-refractivity contribution in [2.75, 3.05) is 0 Å². The van der Waals surface area contributed by atoms with Crippen LogP contribution in [-0.2, 0) is 0 Å². The summed E-state index contributed by atoms with van der Waals surface area (Å²) >= 11 is 0. The molecule has 0 spiro atoms. The normalized spacial score (nSPS) is 7.30. The van der Waals surface area contributed by atoms with Gasteiger partial charge in [0, 0.05) is 0 Å². The molecule has 0 aliphatic rings. The van der Waals surface area contributed by atoms with Crippen LogP contribution >= 0.6 is 9.47 Å². The van der Waals surface area contributed by atoms with Crippen LogP contribution in [0, 0.1) is 0 Å². The molecule has 0 saturated carbocycles. The van der Waals surface area contributed by atoms with Gasteiger partial charge < -0.3 is 4.52 Å². The Labute approximate surface area is 64.0 Å². The first kappa shape index (κ1) is 9.19. The Bertz CT molecular complexity index is 162. The summed E-state index contributed by atoms with van der Waals surface area (Å²) in [6.07, 6.45) is 0. The molecule has 0 aliphatic carbocycles. The van der Waals surface area contributed by atoms with E-state index < -0.39 is 0 Å². The zero-order valence-corrected chi connectivity index (χ0v) is 6.94. The first-order chi connectivity index (χ1) is 4.93. The second kappa shape index (κ2) is 6.31. The molecule has 0 aliphatic heterocycles. The minimum atomic E-state index is 0.873. The Balaban J connectivity index is 0.000000371. The van der Waals surface area contributed by atoms with Crippen molar-refractivity contribution in [1.82, 2.24) is 0 Å². The topological polar surface area (TPSA) is 9.23 Å². The molecule has 0 fully saturated rings. The number of hydrogen-bond acceptors (Lipinski definition) is 1. The molecular formula is C8H11OP. The summed E-state index contributed by atoms with van der Waals surface area (Å²) < 4.78 is 4.83. The van der Waals surface area contributed by atoms with Crippen LogP contribution in [0.15, 0.2) is 43.5 Å². The molecule has 1 atom stereocenters. The Hall–Kier alpha value is -0.810. The fourth-order valence-electron chi connectivity index (χ4n) is 0.499. The lowest BCUT2D eigenvalue weighted by molar-refractivity contribution is 0.646. The molecule has 0 N–H and O–H groups in total. The van der Waals surface area contributed by atoms with Crippen molar-refractivity contribution in [3.63, 3.8) is 0 Å². The third kappa shape index (κ3) is 3.26. The number of para-hydroxylation sites is 1. The van der Waals surface area contributed by atoms with Gasteiger partial charge in [0.2, 0.25) is 0 Å². The van der Waals surface area contributed by atoms with Crippen molar-refractivity contribution < 1.29 is 4.52 Å². The molecule has 1 nitrogen and oxygen atoms in total. The zero-order chi connectivity index (χ0) is 7.82. The molecule has 1 aromatic rings. The summed E-state index contributed by atoms with van der Waals surface area (Å²) in [5, 5.41) is 0. The van der Waals surface area contributed by atoms with Gasteiger partial charge in [0.15, 0.2) is 0 Å². The maximum Gasteiger partial charge on any atom is 0.122 e. The average molecular weight is 154 g/mol. The SMILES string of the molecule is C=C.POc1ccccc1. The average Bonchev–Trinajstić information content (AvgIpc) is 2.10. The molecule has 54 valence electrons. The highest BCUT2D eigenvalue weighted by Crippen LogP contribution is 2.09. The van der Waals surface area contributed by atoms with Crippen LogP contribution in [0.5, 0.6) is 5.75 Å². The van der Waals surface area contributed by atoms with Gasteiger partial charge in [-0.15, -0.1) is 13.2 Å². The Kier molecular flexibility index (Phi) is 5.80. The van der Waals surface area contributed by atoms with Gasteiger partial charge in [-0.1, -0.05) is 18.2 Å². The molecule has 2 heteroatoms. The van der Waals surface area contributed by atoms with Crippen molar-refractivity contribution in [2.45, 2.75) is 0 Å². The maximum absolute atomic E-state index is 4.83. The van der Waals surface area contributed by atoms with E-state index in [1.54, 1.807) is 0 Å². The molecule has 10 heavy (non-hydrogen) atoms. The van der Waals surface area contributed by atoms with Gasteiger partial charge in [-0.2, -0.15) is 0 Å². The molecule has 0 bridgehead atoms. The van der Waals surface area contributed by atoms with Gasteiger partial charge in [0.05, 0.1) is 9.47 Å². The van der Waals surface area contributed by atoms with Crippen LogP contribution in [-0.4, -0.2) is 0 Å². The summed E-state index contributed by atoms with van der Waals surface area (Å²) in [6, 6.07) is 9.60. The lowest BCUT2D eigenvalue weighted by Gasteiger charge is -1.93. The van der Waals surface area contributed by atoms with Crippen molar-refractivity contribution in [3.05, 3.63) is 43.5 Å². The van der Waals surface area contributed by atoms with E-state index in [-0.39, 0.29) is 0 Å². The largest absolute Gasteiger partial charge is 0.480 e. The zero-order valence-electron chi connectivity index (χ0n) is 5.79. The molecule has 0 amide bonds. The highest BCUT2D eigenvalue weighted by atomic mass is 31.0. The molecule has 1 rings (SSSR count). The van der Waals surface area contributed by atoms with E-state index in [0.717, 1.165) is 5.75 Å². The van der Waals surface area contributed by atoms with Crippen LogP contribution in [0.3, 0.4) is 0 Å². The molecular weight excluding hydrogens is 143 g/mol. The molecule has 0 radical (unpaired) electrons. The standard InChI is InChI=1S/C6H7OP.C2H4/c8-7-6-4-2-1-3-5-6;1-2/h1-5H,8H2;1-2H2. The summed E-state index contributed by atoms with van der Waals surface area (Å²) in [5.41, 5.74) is 0. The van der Waals surface area contributed by atoms with Gasteiger partial charge in [-0.25, -0.2) is 0 Å². The molecule has 0 saturated heterocycles. The summed E-state index contributed by atoms with van der Waals surface area (Å²) in [4.78, 5) is 0. The first-order valence-corrected chi connectivity index (χ1v) is 3.32. The van der Waals surface area contributed by atoms with E-state index in [1.165, 1.54) is 0 Å². The van der Waals surface area contributed by atoms with Gasteiger partial charge >= 0.3 is 0 Å². The van der Waals surface area contributed by atoms with Crippen molar-refractivity contribution in [1.29, 1.82) is 0 Å². The highest BCUT2D eigenvalue weighted by Gasteiger charge is 1.80. The minimum Gasteiger partial charge on any atom is -0.480 e. The van der Waals surface area contributed by atoms with Gasteiger partial charge in [0.25, 0.3) is 0 Å². The van der Waals surface area contributed by atoms with Crippen LogP contribution < -0.4 is 4.52 Å². The Morgan fingerprint density at radius 1 is 1.10 bits per heavy atom. The Morgan fingerprint density at radius 2 is 1.60 bits per heavy atom. The highest BCUT2D eigenvalue weighted by molar-refractivity contribution is 7.10. The fraction of sp³-hybridized carbons (Fsp3) is 0. The summed E-state index contributed by atoms with van der Waals surface area (Å²) in [6.45, 7) is 6.00. The molecule has 1 aromatic carbocycles. The first-order valence-electron chi connectivity index (χ1n) is 2.85. The van der Waals surface area contributed by atoms with Crippen molar-refractivity contribution in [2.24, 2.45) is 0 Å². The minimum absolute atomic E-state index is 0.873. The lowest BCUT2D eigenvalue weighted by atomic mass is 10.3. The van der Waals surface area contributed by atoms with E-state index in [2.05, 4.69) is 22.6 Å². The summed E-state index contributed by atoms with van der Waals surface area (Å²) in [5.74, 6) is 0.873. The second-order valence-electron chi connectivity index (χ2n) is 1.43. The number of hydrogen-bond donors (Lipinski definition) is 0. The van der Waals surface area contributed by atoms with E-state index in [1.807, 2.05) is 30.3 Å². The van der Waals surface area contributed by atoms with E-state index in [0.29, 0.717) is 0 Å². The van der Waals surface area contributed by atoms with Crippen molar-refractivity contribution in [3.8, 4) is 5.75 Å². The number of benzene rings is 1. The predicted octanol–water partition coefficient (Wildman–Crippen LogP) is 2.66. The van der Waals surface area contributed by atoms with Gasteiger partial charge in [0.1, 0.15) is 5.75 Å². The molecule has 0 heterocycles. The van der Waals surface area contributed by atoms with Crippen LogP contribution in [0.2, 0.25) is 0 Å². The van der Waals surface area contributed by atoms with Crippen LogP contribution in [0.4, 0.5) is 0 Å². The smallest absolute Gasteiger partial charge is 0.122 e. The summed E-state index contributed by atoms with van der Waals surface area (Å²) in [7, 11) is 2.19. The monoisotopic (exact) mass is 154 g/mol. The fourth-order valence-corrected chi connectivity index (χ4v) is 0.656. The van der Waals surface area contributed by atoms with E-state index in [9.17, 15) is 0 Å². The van der Waals surface area contributed by atoms with Crippen molar-refractivity contribution >= 4 is 9.47 Å². The van der Waals surface area contributed by atoms with E-state index in [4.69, 9.17) is 4.52 Å². The van der Waals surface area contributed by atoms with Gasteiger partial charge in [-0.05, 0) is 12.1 Å². The lowest BCUT2D eigenvalue weighted by Crippen LogP contribution is -1.68. The van der Waals surface area contributed by atoms with Gasteiger partial charge in [-0.3, -0.25) is 0 Å². The quantitative estimate of drug-likeness (QED) is 0.446. The third-order valence-corrected chi connectivity index (χ3v) is 1.15. The van der Waals surface area contributed by atoms with E-state index >= 15 is 0 Å². The van der Waals surface area contributed by atoms with Crippen LogP contribution in [0.1, 0.15) is 0 Å². The second-order valence-corrected chi connectivity index (χ2v) is 1.67. The Morgan fingerprint density at radius 3 is 1.90 bits per heavy atom. The molecule has 1 unspecified atom stereocenters. The predicted molar refractivity (Wildman–Crippen MR) is 48.0 cm³/mol. The number of rotatable bonds is 1. The molecule has 0 aromatic heterocycles. The third-order valence-electron chi connectivity index (χ3n) is 0.879. The van der Waals surface area contributed by atoms with Crippen LogP contribution in [0.25, 0.3) is 0 Å².